The quantitative estimate of drug-likeness (QED) is 0.883. The molecule has 1 saturated heterocycles. The van der Waals surface area contributed by atoms with Gasteiger partial charge in [0.2, 0.25) is 0 Å². The van der Waals surface area contributed by atoms with E-state index >= 15 is 0 Å². The number of hydrogen-bond acceptors (Lipinski definition) is 2. The summed E-state index contributed by atoms with van der Waals surface area (Å²) in [6, 6.07) is 7.14. The maximum Gasteiger partial charge on any atom is 0.0650 e. The van der Waals surface area contributed by atoms with Crippen molar-refractivity contribution in [1.82, 2.24) is 5.32 Å². The van der Waals surface area contributed by atoms with E-state index in [0.717, 1.165) is 28.3 Å². The second kappa shape index (κ2) is 5.81. The van der Waals surface area contributed by atoms with Crippen LogP contribution < -0.4 is 10.2 Å². The van der Waals surface area contributed by atoms with E-state index in [1.165, 1.54) is 0 Å². The maximum absolute atomic E-state index is 6.39. The standard InChI is InChI=1S/C14H20BrClN2/c1-9(2)14-7-17-10(3)8-18(14)13-5-4-11(15)6-12(13)16/h4-6,9-10,14,17H,7-8H2,1-3H3. The highest BCUT2D eigenvalue weighted by atomic mass is 79.9. The highest BCUT2D eigenvalue weighted by Gasteiger charge is 2.29. The van der Waals surface area contributed by atoms with Gasteiger partial charge in [-0.05, 0) is 31.0 Å². The van der Waals surface area contributed by atoms with Gasteiger partial charge in [-0.2, -0.15) is 0 Å². The van der Waals surface area contributed by atoms with Crippen molar-refractivity contribution >= 4 is 33.2 Å². The largest absolute Gasteiger partial charge is 0.364 e. The van der Waals surface area contributed by atoms with E-state index in [-0.39, 0.29) is 0 Å². The van der Waals surface area contributed by atoms with Crippen LogP contribution in [0.3, 0.4) is 0 Å². The van der Waals surface area contributed by atoms with E-state index in [0.29, 0.717) is 18.0 Å². The molecule has 2 nitrogen and oxygen atoms in total. The van der Waals surface area contributed by atoms with Crippen LogP contribution in [0.2, 0.25) is 5.02 Å². The summed E-state index contributed by atoms with van der Waals surface area (Å²) in [6.07, 6.45) is 0. The number of nitrogens with zero attached hydrogens (tertiary/aromatic N) is 1. The van der Waals surface area contributed by atoms with Crippen LogP contribution in [0, 0.1) is 5.92 Å². The summed E-state index contributed by atoms with van der Waals surface area (Å²) in [5.41, 5.74) is 1.15. The van der Waals surface area contributed by atoms with Gasteiger partial charge in [-0.15, -0.1) is 0 Å². The van der Waals surface area contributed by atoms with Crippen molar-refractivity contribution in [3.63, 3.8) is 0 Å². The molecule has 1 heterocycles. The SMILES string of the molecule is CC1CN(c2ccc(Br)cc2Cl)C(C(C)C)CN1. The smallest absolute Gasteiger partial charge is 0.0650 e. The number of nitrogens with one attached hydrogen (secondary N) is 1. The Morgan fingerprint density at radius 3 is 2.78 bits per heavy atom. The molecule has 0 aliphatic carbocycles. The van der Waals surface area contributed by atoms with Crippen LogP contribution >= 0.6 is 27.5 Å². The molecule has 1 aliphatic heterocycles. The molecule has 4 heteroatoms. The fourth-order valence-corrected chi connectivity index (χ4v) is 3.30. The monoisotopic (exact) mass is 330 g/mol. The number of halogens is 2. The minimum absolute atomic E-state index is 0.500. The van der Waals surface area contributed by atoms with E-state index in [9.17, 15) is 0 Å². The van der Waals surface area contributed by atoms with Crippen molar-refractivity contribution in [2.75, 3.05) is 18.0 Å². The van der Waals surface area contributed by atoms with E-state index in [4.69, 9.17) is 11.6 Å². The molecule has 0 radical (unpaired) electrons. The van der Waals surface area contributed by atoms with Gasteiger partial charge in [0.25, 0.3) is 0 Å². The first-order valence-electron chi connectivity index (χ1n) is 6.44. The Hall–Kier alpha value is -0.250. The summed E-state index contributed by atoms with van der Waals surface area (Å²) in [4.78, 5) is 2.45. The Kier molecular flexibility index (Phi) is 4.57. The topological polar surface area (TPSA) is 15.3 Å². The number of anilines is 1. The van der Waals surface area contributed by atoms with Crippen LogP contribution in [-0.4, -0.2) is 25.2 Å². The van der Waals surface area contributed by atoms with Gasteiger partial charge in [-0.3, -0.25) is 0 Å². The molecular weight excluding hydrogens is 312 g/mol. The molecule has 2 atom stereocenters. The fourth-order valence-electron chi connectivity index (χ4n) is 2.51. The van der Waals surface area contributed by atoms with Gasteiger partial charge in [-0.1, -0.05) is 41.4 Å². The third-order valence-electron chi connectivity index (χ3n) is 3.54. The Balaban J connectivity index is 2.32. The Bertz CT molecular complexity index is 422. The Labute approximate surface area is 123 Å². The third-order valence-corrected chi connectivity index (χ3v) is 4.33. The zero-order chi connectivity index (χ0) is 13.3. The van der Waals surface area contributed by atoms with Crippen molar-refractivity contribution < 1.29 is 0 Å². The Morgan fingerprint density at radius 1 is 1.44 bits per heavy atom. The normalized spacial score (nSPS) is 24.7. The molecule has 1 fully saturated rings. The molecule has 2 rings (SSSR count). The van der Waals surface area contributed by atoms with Gasteiger partial charge >= 0.3 is 0 Å². The molecule has 1 N–H and O–H groups in total. The molecule has 0 aromatic heterocycles. The molecule has 100 valence electrons. The summed E-state index contributed by atoms with van der Waals surface area (Å²) in [5.74, 6) is 0.602. The molecule has 18 heavy (non-hydrogen) atoms. The van der Waals surface area contributed by atoms with E-state index in [2.05, 4.69) is 59.1 Å². The van der Waals surface area contributed by atoms with E-state index in [1.807, 2.05) is 6.07 Å². The minimum Gasteiger partial charge on any atom is -0.364 e. The summed E-state index contributed by atoms with van der Waals surface area (Å²) < 4.78 is 1.03. The molecule has 0 spiro atoms. The van der Waals surface area contributed by atoms with Crippen LogP contribution in [0.1, 0.15) is 20.8 Å². The van der Waals surface area contributed by atoms with Gasteiger partial charge in [0, 0.05) is 29.6 Å². The zero-order valence-electron chi connectivity index (χ0n) is 11.1. The summed E-state index contributed by atoms with van der Waals surface area (Å²) in [6.45, 7) is 8.77. The molecule has 2 unspecified atom stereocenters. The molecule has 1 aliphatic rings. The third kappa shape index (κ3) is 3.01. The lowest BCUT2D eigenvalue weighted by molar-refractivity contribution is 0.349. The lowest BCUT2D eigenvalue weighted by Crippen LogP contribution is -2.57. The molecular formula is C14H20BrClN2. The van der Waals surface area contributed by atoms with Crippen LogP contribution in [0.5, 0.6) is 0 Å². The first-order valence-corrected chi connectivity index (χ1v) is 7.61. The van der Waals surface area contributed by atoms with Gasteiger partial charge in [0.05, 0.1) is 10.7 Å². The van der Waals surface area contributed by atoms with Gasteiger partial charge in [0.15, 0.2) is 0 Å². The van der Waals surface area contributed by atoms with E-state index in [1.54, 1.807) is 0 Å². The molecule has 1 aromatic carbocycles. The molecule has 0 saturated carbocycles. The number of benzene rings is 1. The number of hydrogen-bond donors (Lipinski definition) is 1. The van der Waals surface area contributed by atoms with E-state index < -0.39 is 0 Å². The number of rotatable bonds is 2. The lowest BCUT2D eigenvalue weighted by atomic mass is 9.98. The average Bonchev–Trinajstić information content (AvgIpc) is 2.28. The Morgan fingerprint density at radius 2 is 2.17 bits per heavy atom. The zero-order valence-corrected chi connectivity index (χ0v) is 13.4. The van der Waals surface area contributed by atoms with Gasteiger partial charge < -0.3 is 10.2 Å². The highest BCUT2D eigenvalue weighted by molar-refractivity contribution is 9.10. The predicted octanol–water partition coefficient (Wildman–Crippen LogP) is 3.93. The second-order valence-electron chi connectivity index (χ2n) is 5.37. The van der Waals surface area contributed by atoms with Crippen molar-refractivity contribution in [2.45, 2.75) is 32.9 Å². The van der Waals surface area contributed by atoms with Crippen LogP contribution in [0.4, 0.5) is 5.69 Å². The van der Waals surface area contributed by atoms with Crippen molar-refractivity contribution in [3.8, 4) is 0 Å². The van der Waals surface area contributed by atoms with Crippen LogP contribution in [0.15, 0.2) is 22.7 Å². The summed E-state index contributed by atoms with van der Waals surface area (Å²) >= 11 is 9.85. The second-order valence-corrected chi connectivity index (χ2v) is 6.69. The van der Waals surface area contributed by atoms with Gasteiger partial charge in [-0.25, -0.2) is 0 Å². The lowest BCUT2D eigenvalue weighted by Gasteiger charge is -2.43. The van der Waals surface area contributed by atoms with Crippen molar-refractivity contribution in [3.05, 3.63) is 27.7 Å². The highest BCUT2D eigenvalue weighted by Crippen LogP contribution is 2.32. The first kappa shape index (κ1) is 14.2. The minimum atomic E-state index is 0.500. The predicted molar refractivity (Wildman–Crippen MR) is 82.6 cm³/mol. The molecule has 0 amide bonds. The van der Waals surface area contributed by atoms with Crippen LogP contribution in [-0.2, 0) is 0 Å². The summed E-state index contributed by atoms with van der Waals surface area (Å²) in [5, 5.41) is 4.37. The van der Waals surface area contributed by atoms with Crippen molar-refractivity contribution in [2.24, 2.45) is 5.92 Å². The summed E-state index contributed by atoms with van der Waals surface area (Å²) in [7, 11) is 0. The van der Waals surface area contributed by atoms with Crippen molar-refractivity contribution in [1.29, 1.82) is 0 Å². The maximum atomic E-state index is 6.39. The average molecular weight is 332 g/mol. The first-order chi connectivity index (χ1) is 8.49. The fraction of sp³-hybridized carbons (Fsp3) is 0.571. The van der Waals surface area contributed by atoms with Crippen LogP contribution in [0.25, 0.3) is 0 Å². The van der Waals surface area contributed by atoms with Gasteiger partial charge in [0.1, 0.15) is 0 Å². The molecule has 0 bridgehead atoms. The molecule has 1 aromatic rings. The number of piperazine rings is 1.